The van der Waals surface area contributed by atoms with Crippen LogP contribution in [0.2, 0.25) is 0 Å². The van der Waals surface area contributed by atoms with Crippen LogP contribution < -0.4 is 0 Å². The third-order valence-corrected chi connectivity index (χ3v) is 6.95. The van der Waals surface area contributed by atoms with Crippen molar-refractivity contribution in [3.8, 4) is 28.8 Å². The van der Waals surface area contributed by atoms with Crippen LogP contribution in [0.5, 0.6) is 0 Å². The minimum atomic E-state index is -4.30. The molecule has 38 heavy (non-hydrogen) atoms. The van der Waals surface area contributed by atoms with Gasteiger partial charge in [0, 0.05) is 37.5 Å². The first-order chi connectivity index (χ1) is 18.3. The lowest BCUT2D eigenvalue weighted by Gasteiger charge is -2.49. The third kappa shape index (κ3) is 4.61. The Hall–Kier alpha value is -3.89. The zero-order valence-electron chi connectivity index (χ0n) is 20.3. The summed E-state index contributed by atoms with van der Waals surface area (Å²) in [7, 11) is 0. The van der Waals surface area contributed by atoms with Crippen molar-refractivity contribution >= 4 is 10.9 Å². The van der Waals surface area contributed by atoms with Gasteiger partial charge in [0.1, 0.15) is 22.6 Å². The van der Waals surface area contributed by atoms with E-state index in [9.17, 15) is 18.4 Å². The highest BCUT2D eigenvalue weighted by Gasteiger charge is 2.48. The van der Waals surface area contributed by atoms with E-state index in [0.717, 1.165) is 24.6 Å². The molecular formula is C25H24F3N9O. The van der Waals surface area contributed by atoms with E-state index in [1.165, 1.54) is 4.90 Å². The second-order valence-electron chi connectivity index (χ2n) is 9.76. The number of halogens is 3. The molecule has 6 heterocycles. The van der Waals surface area contributed by atoms with Gasteiger partial charge >= 0.3 is 6.18 Å². The molecule has 2 aliphatic rings. The first-order valence-electron chi connectivity index (χ1n) is 12.4. The third-order valence-electron chi connectivity index (χ3n) is 6.95. The Morgan fingerprint density at radius 1 is 1.13 bits per heavy atom. The zero-order valence-corrected chi connectivity index (χ0v) is 20.3. The van der Waals surface area contributed by atoms with Crippen LogP contribution in [0.4, 0.5) is 13.2 Å². The Bertz CT molecular complexity index is 1490. The number of likely N-dealkylation sites (tertiary alicyclic amines) is 1. The highest BCUT2D eigenvalue weighted by molar-refractivity contribution is 5.93. The first-order valence-corrected chi connectivity index (χ1v) is 12.4. The van der Waals surface area contributed by atoms with E-state index in [1.54, 1.807) is 40.2 Å². The van der Waals surface area contributed by atoms with Crippen molar-refractivity contribution in [2.75, 3.05) is 26.2 Å². The molecule has 2 saturated heterocycles. The number of hydrogen-bond acceptors (Lipinski definition) is 8. The summed E-state index contributed by atoms with van der Waals surface area (Å²) in [6, 6.07) is 9.40. The Labute approximate surface area is 215 Å². The number of ether oxygens (including phenoxy) is 1. The molecule has 0 saturated carbocycles. The van der Waals surface area contributed by atoms with Crippen molar-refractivity contribution in [1.82, 2.24) is 39.6 Å². The van der Waals surface area contributed by atoms with Gasteiger partial charge in [-0.25, -0.2) is 4.98 Å². The molecule has 0 spiro atoms. The molecule has 0 aromatic carbocycles. The van der Waals surface area contributed by atoms with Crippen LogP contribution in [0.3, 0.4) is 0 Å². The fourth-order valence-corrected chi connectivity index (χ4v) is 5.19. The van der Waals surface area contributed by atoms with E-state index in [1.807, 2.05) is 12.1 Å². The predicted molar refractivity (Wildman–Crippen MR) is 129 cm³/mol. The molecule has 0 aliphatic carbocycles. The normalized spacial score (nSPS) is 19.8. The largest absolute Gasteiger partial charge is 0.401 e. The molecule has 0 N–H and O–H groups in total. The predicted octanol–water partition coefficient (Wildman–Crippen LogP) is 3.94. The van der Waals surface area contributed by atoms with Crippen molar-refractivity contribution in [3.05, 3.63) is 42.9 Å². The summed E-state index contributed by atoms with van der Waals surface area (Å²) in [4.78, 5) is 12.2. The van der Waals surface area contributed by atoms with Crippen molar-refractivity contribution in [3.63, 3.8) is 0 Å². The summed E-state index contributed by atoms with van der Waals surface area (Å²) >= 11 is 0. The molecule has 2 fully saturated rings. The molecule has 1 atom stereocenters. The average molecular weight is 524 g/mol. The Morgan fingerprint density at radius 2 is 2.00 bits per heavy atom. The molecule has 0 bridgehead atoms. The van der Waals surface area contributed by atoms with Gasteiger partial charge in [-0.05, 0) is 43.5 Å². The summed E-state index contributed by atoms with van der Waals surface area (Å²) in [5, 5.41) is 23.9. The van der Waals surface area contributed by atoms with Crippen LogP contribution in [-0.2, 0) is 10.3 Å². The lowest BCUT2D eigenvalue weighted by Crippen LogP contribution is -2.64. The minimum absolute atomic E-state index is 0.0462. The van der Waals surface area contributed by atoms with E-state index < -0.39 is 18.3 Å². The first kappa shape index (κ1) is 24.4. The van der Waals surface area contributed by atoms with Crippen LogP contribution in [0.25, 0.3) is 33.7 Å². The SMILES string of the molecule is N#CCC1(n2ccc(-c3nc(-c4cnn(C5CCCCO5)n4)cc4ncccc34)n2)CN(CC(F)(F)F)C1. The van der Waals surface area contributed by atoms with Gasteiger partial charge in [0.2, 0.25) is 0 Å². The summed E-state index contributed by atoms with van der Waals surface area (Å²) in [5.41, 5.74) is 2.08. The number of rotatable bonds is 6. The quantitative estimate of drug-likeness (QED) is 0.374. The Balaban J connectivity index is 1.34. The number of fused-ring (bicyclic) bond motifs is 1. The maximum Gasteiger partial charge on any atom is 0.401 e. The fourth-order valence-electron chi connectivity index (χ4n) is 5.19. The number of nitriles is 1. The number of pyridine rings is 2. The van der Waals surface area contributed by atoms with E-state index in [0.29, 0.717) is 34.9 Å². The van der Waals surface area contributed by atoms with Gasteiger partial charge in [0.05, 0.1) is 36.4 Å². The second kappa shape index (κ2) is 9.45. The van der Waals surface area contributed by atoms with Crippen LogP contribution in [0.15, 0.2) is 42.9 Å². The number of aromatic nitrogens is 7. The monoisotopic (exact) mass is 523 g/mol. The van der Waals surface area contributed by atoms with Gasteiger partial charge in [-0.15, -0.1) is 5.10 Å². The molecule has 4 aromatic rings. The lowest BCUT2D eigenvalue weighted by atomic mass is 9.87. The van der Waals surface area contributed by atoms with Crippen LogP contribution in [0, 0.1) is 11.3 Å². The van der Waals surface area contributed by atoms with Gasteiger partial charge in [-0.1, -0.05) is 0 Å². The van der Waals surface area contributed by atoms with Gasteiger partial charge in [0.25, 0.3) is 0 Å². The molecule has 6 rings (SSSR count). The number of alkyl halides is 3. The van der Waals surface area contributed by atoms with Gasteiger partial charge in [-0.3, -0.25) is 14.6 Å². The lowest BCUT2D eigenvalue weighted by molar-refractivity contribution is -0.167. The van der Waals surface area contributed by atoms with E-state index in [2.05, 4.69) is 21.3 Å². The van der Waals surface area contributed by atoms with Gasteiger partial charge in [0.15, 0.2) is 6.23 Å². The average Bonchev–Trinajstić information content (AvgIpc) is 3.57. The zero-order chi connectivity index (χ0) is 26.3. The standard InChI is InChI=1S/C25H24F3N9O/c26-25(27,28)16-35-14-24(15-35,7-8-29)36-10-6-18(33-36)23-17-4-3-9-30-19(17)12-20(32-23)21-13-31-37(34-21)22-5-1-2-11-38-22/h3-4,6,9-10,12-13,22H,1-2,5,7,11,14-16H2. The van der Waals surface area contributed by atoms with Crippen molar-refractivity contribution in [2.45, 2.75) is 43.6 Å². The topological polar surface area (TPSA) is 111 Å². The summed E-state index contributed by atoms with van der Waals surface area (Å²) in [5.74, 6) is 0. The van der Waals surface area contributed by atoms with Crippen LogP contribution >= 0.6 is 0 Å². The van der Waals surface area contributed by atoms with E-state index in [-0.39, 0.29) is 25.7 Å². The Morgan fingerprint density at radius 3 is 2.76 bits per heavy atom. The summed E-state index contributed by atoms with van der Waals surface area (Å²) in [6.07, 6.45) is 3.49. The Kier molecular flexibility index (Phi) is 6.08. The molecule has 0 amide bonds. The summed E-state index contributed by atoms with van der Waals surface area (Å²) in [6.45, 7) is -0.166. The molecule has 4 aromatic heterocycles. The number of hydrogen-bond donors (Lipinski definition) is 0. The van der Waals surface area contributed by atoms with Crippen LogP contribution in [0.1, 0.15) is 31.9 Å². The highest BCUT2D eigenvalue weighted by atomic mass is 19.4. The fraction of sp³-hybridized carbons (Fsp3) is 0.440. The van der Waals surface area contributed by atoms with Gasteiger partial charge < -0.3 is 4.74 Å². The molecule has 2 aliphatic heterocycles. The molecular weight excluding hydrogens is 499 g/mol. The molecule has 10 nitrogen and oxygen atoms in total. The molecule has 0 radical (unpaired) electrons. The van der Waals surface area contributed by atoms with Crippen LogP contribution in [-0.4, -0.2) is 72.1 Å². The smallest absolute Gasteiger partial charge is 0.355 e. The van der Waals surface area contributed by atoms with Crippen molar-refractivity contribution in [1.29, 1.82) is 5.26 Å². The maximum absolute atomic E-state index is 12.9. The second-order valence-corrected chi connectivity index (χ2v) is 9.76. The maximum atomic E-state index is 12.9. The van der Waals surface area contributed by atoms with Crippen molar-refractivity contribution in [2.24, 2.45) is 0 Å². The number of nitrogens with zero attached hydrogens (tertiary/aromatic N) is 9. The minimum Gasteiger partial charge on any atom is -0.355 e. The van der Waals surface area contributed by atoms with E-state index in [4.69, 9.17) is 14.8 Å². The molecule has 196 valence electrons. The molecule has 13 heteroatoms. The molecule has 1 unspecified atom stereocenters. The van der Waals surface area contributed by atoms with E-state index >= 15 is 0 Å². The van der Waals surface area contributed by atoms with Gasteiger partial charge in [-0.2, -0.15) is 33.4 Å². The summed E-state index contributed by atoms with van der Waals surface area (Å²) < 4.78 is 46.0. The van der Waals surface area contributed by atoms with Crippen molar-refractivity contribution < 1.29 is 17.9 Å². The highest BCUT2D eigenvalue weighted by Crippen LogP contribution is 2.36.